The highest BCUT2D eigenvalue weighted by Gasteiger charge is 2.29. The Morgan fingerprint density at radius 1 is 1.08 bits per heavy atom. The largest absolute Gasteiger partial charge is 0.343 e. The van der Waals surface area contributed by atoms with Crippen LogP contribution in [0.4, 0.5) is 0 Å². The number of hydrogen-bond donors (Lipinski definition) is 0. The molecule has 1 aromatic heterocycles. The lowest BCUT2D eigenvalue weighted by Crippen LogP contribution is -2.47. The van der Waals surface area contributed by atoms with Gasteiger partial charge in [0.15, 0.2) is 0 Å². The van der Waals surface area contributed by atoms with Crippen molar-refractivity contribution in [2.75, 3.05) is 19.6 Å². The predicted octanol–water partition coefficient (Wildman–Crippen LogP) is 3.73. The highest BCUT2D eigenvalue weighted by molar-refractivity contribution is 7.10. The van der Waals surface area contributed by atoms with E-state index in [2.05, 4.69) is 33.4 Å². The Hall–Kier alpha value is -1.65. The van der Waals surface area contributed by atoms with Crippen LogP contribution in [0, 0.1) is 0 Å². The minimum atomic E-state index is 0.320. The Kier molecular flexibility index (Phi) is 5.18. The van der Waals surface area contributed by atoms with Crippen LogP contribution >= 0.6 is 11.3 Å². The van der Waals surface area contributed by atoms with Crippen LogP contribution in [-0.4, -0.2) is 41.4 Å². The summed E-state index contributed by atoms with van der Waals surface area (Å²) in [5, 5.41) is 2.22. The zero-order chi connectivity index (χ0) is 17.1. The third kappa shape index (κ3) is 3.96. The Balaban J connectivity index is 1.25. The normalized spacial score (nSPS) is 19.0. The first-order valence-corrected chi connectivity index (χ1v) is 10.3. The molecule has 0 spiro atoms. The van der Waals surface area contributed by atoms with Gasteiger partial charge in [-0.05, 0) is 48.3 Å². The SMILES string of the molecule is O=C(CCc1ccccc1)N1CCC(N2CCc3sccc3C2)CC1. The highest BCUT2D eigenvalue weighted by Crippen LogP contribution is 2.28. The van der Waals surface area contributed by atoms with Crippen LogP contribution < -0.4 is 0 Å². The summed E-state index contributed by atoms with van der Waals surface area (Å²) in [5.41, 5.74) is 2.78. The van der Waals surface area contributed by atoms with Gasteiger partial charge < -0.3 is 4.90 Å². The molecule has 0 N–H and O–H groups in total. The zero-order valence-corrected chi connectivity index (χ0v) is 15.5. The van der Waals surface area contributed by atoms with Crippen LogP contribution in [0.25, 0.3) is 0 Å². The van der Waals surface area contributed by atoms with E-state index in [1.165, 1.54) is 24.1 Å². The van der Waals surface area contributed by atoms with Crippen molar-refractivity contribution in [2.24, 2.45) is 0 Å². The van der Waals surface area contributed by atoms with Crippen molar-refractivity contribution in [2.45, 2.75) is 44.7 Å². The van der Waals surface area contributed by atoms with E-state index >= 15 is 0 Å². The topological polar surface area (TPSA) is 23.6 Å². The average Bonchev–Trinajstić information content (AvgIpc) is 3.15. The van der Waals surface area contributed by atoms with Gasteiger partial charge in [-0.2, -0.15) is 0 Å². The quantitative estimate of drug-likeness (QED) is 0.835. The molecule has 0 bridgehead atoms. The van der Waals surface area contributed by atoms with Gasteiger partial charge in [-0.15, -0.1) is 11.3 Å². The number of likely N-dealkylation sites (tertiary alicyclic amines) is 1. The number of fused-ring (bicyclic) bond motifs is 1. The fourth-order valence-electron chi connectivity index (χ4n) is 4.12. The number of amides is 1. The number of aryl methyl sites for hydroxylation is 1. The molecule has 4 heteroatoms. The molecule has 132 valence electrons. The second kappa shape index (κ2) is 7.71. The van der Waals surface area contributed by atoms with E-state index in [9.17, 15) is 4.79 Å². The number of piperidine rings is 1. The number of thiophene rings is 1. The Morgan fingerprint density at radius 3 is 2.68 bits per heavy atom. The van der Waals surface area contributed by atoms with E-state index < -0.39 is 0 Å². The molecule has 0 aliphatic carbocycles. The lowest BCUT2D eigenvalue weighted by Gasteiger charge is -2.40. The van der Waals surface area contributed by atoms with E-state index in [1.54, 1.807) is 4.88 Å². The first-order chi connectivity index (χ1) is 12.3. The zero-order valence-electron chi connectivity index (χ0n) is 14.7. The molecular formula is C21H26N2OS. The van der Waals surface area contributed by atoms with Crippen LogP contribution in [0.15, 0.2) is 41.8 Å². The van der Waals surface area contributed by atoms with Gasteiger partial charge in [-0.1, -0.05) is 30.3 Å². The molecule has 0 saturated carbocycles. The molecule has 4 rings (SSSR count). The highest BCUT2D eigenvalue weighted by atomic mass is 32.1. The standard InChI is InChI=1S/C21H26N2OS/c24-21(7-6-17-4-2-1-3-5-17)22-12-8-19(9-13-22)23-14-10-20-18(16-23)11-15-25-20/h1-5,11,15,19H,6-10,12-14,16H2. The van der Waals surface area contributed by atoms with E-state index in [0.29, 0.717) is 18.4 Å². The molecule has 3 nitrogen and oxygen atoms in total. The van der Waals surface area contributed by atoms with Crippen molar-refractivity contribution in [1.82, 2.24) is 9.80 Å². The molecule has 2 aromatic rings. The van der Waals surface area contributed by atoms with Crippen LogP contribution in [0.1, 0.15) is 35.3 Å². The van der Waals surface area contributed by atoms with Gasteiger partial charge in [0.1, 0.15) is 0 Å². The molecule has 25 heavy (non-hydrogen) atoms. The second-order valence-electron chi connectivity index (χ2n) is 7.19. The third-order valence-corrected chi connectivity index (χ3v) is 6.66. The molecule has 0 radical (unpaired) electrons. The number of rotatable bonds is 4. The summed E-state index contributed by atoms with van der Waals surface area (Å²) in [6.45, 7) is 4.13. The minimum absolute atomic E-state index is 0.320. The van der Waals surface area contributed by atoms with Crippen molar-refractivity contribution >= 4 is 17.2 Å². The van der Waals surface area contributed by atoms with Crippen LogP contribution in [0.3, 0.4) is 0 Å². The number of carbonyl (C=O) groups is 1. The Labute approximate surface area is 154 Å². The Bertz CT molecular complexity index is 704. The number of nitrogens with zero attached hydrogens (tertiary/aromatic N) is 2. The van der Waals surface area contributed by atoms with E-state index in [4.69, 9.17) is 0 Å². The van der Waals surface area contributed by atoms with Crippen molar-refractivity contribution < 1.29 is 4.79 Å². The van der Waals surface area contributed by atoms with Gasteiger partial charge >= 0.3 is 0 Å². The lowest BCUT2D eigenvalue weighted by molar-refractivity contribution is -0.132. The summed E-state index contributed by atoms with van der Waals surface area (Å²) in [6, 6.07) is 13.3. The van der Waals surface area contributed by atoms with Crippen LogP contribution in [-0.2, 0) is 24.2 Å². The van der Waals surface area contributed by atoms with Crippen molar-refractivity contribution in [3.05, 3.63) is 57.8 Å². The van der Waals surface area contributed by atoms with E-state index in [-0.39, 0.29) is 0 Å². The number of benzene rings is 1. The molecule has 3 heterocycles. The summed E-state index contributed by atoms with van der Waals surface area (Å²) in [4.78, 5) is 18.8. The summed E-state index contributed by atoms with van der Waals surface area (Å²) in [7, 11) is 0. The molecule has 1 fully saturated rings. The maximum atomic E-state index is 12.5. The summed E-state index contributed by atoms with van der Waals surface area (Å²) < 4.78 is 0. The number of hydrogen-bond acceptors (Lipinski definition) is 3. The third-order valence-electron chi connectivity index (χ3n) is 5.64. The monoisotopic (exact) mass is 354 g/mol. The van der Waals surface area contributed by atoms with Gasteiger partial charge in [0, 0.05) is 43.5 Å². The first kappa shape index (κ1) is 16.8. The predicted molar refractivity (Wildman–Crippen MR) is 103 cm³/mol. The number of carbonyl (C=O) groups excluding carboxylic acids is 1. The Morgan fingerprint density at radius 2 is 1.88 bits per heavy atom. The molecule has 0 atom stereocenters. The van der Waals surface area contributed by atoms with Gasteiger partial charge in [-0.25, -0.2) is 0 Å². The van der Waals surface area contributed by atoms with Crippen molar-refractivity contribution in [1.29, 1.82) is 0 Å². The molecule has 2 aliphatic rings. The molecule has 0 unspecified atom stereocenters. The van der Waals surface area contributed by atoms with Gasteiger partial charge in [0.05, 0.1) is 0 Å². The maximum absolute atomic E-state index is 12.5. The molecular weight excluding hydrogens is 328 g/mol. The molecule has 1 amide bonds. The van der Waals surface area contributed by atoms with E-state index in [1.807, 2.05) is 29.5 Å². The summed E-state index contributed by atoms with van der Waals surface area (Å²) >= 11 is 1.90. The van der Waals surface area contributed by atoms with E-state index in [0.717, 1.165) is 38.9 Å². The first-order valence-electron chi connectivity index (χ1n) is 9.40. The molecule has 1 aromatic carbocycles. The smallest absolute Gasteiger partial charge is 0.222 e. The lowest BCUT2D eigenvalue weighted by atomic mass is 9.99. The van der Waals surface area contributed by atoms with Crippen molar-refractivity contribution in [3.8, 4) is 0 Å². The van der Waals surface area contributed by atoms with Crippen LogP contribution in [0.2, 0.25) is 0 Å². The second-order valence-corrected chi connectivity index (χ2v) is 8.19. The fraction of sp³-hybridized carbons (Fsp3) is 0.476. The molecule has 1 saturated heterocycles. The van der Waals surface area contributed by atoms with Gasteiger partial charge in [0.2, 0.25) is 5.91 Å². The maximum Gasteiger partial charge on any atom is 0.222 e. The fourth-order valence-corrected chi connectivity index (χ4v) is 5.01. The minimum Gasteiger partial charge on any atom is -0.343 e. The molecule has 2 aliphatic heterocycles. The summed E-state index contributed by atoms with van der Waals surface area (Å²) in [6.07, 6.45) is 4.93. The average molecular weight is 355 g/mol. The van der Waals surface area contributed by atoms with Gasteiger partial charge in [0.25, 0.3) is 0 Å². The van der Waals surface area contributed by atoms with Gasteiger partial charge in [-0.3, -0.25) is 9.69 Å². The summed E-state index contributed by atoms with van der Waals surface area (Å²) in [5.74, 6) is 0.320. The van der Waals surface area contributed by atoms with Crippen LogP contribution in [0.5, 0.6) is 0 Å². The van der Waals surface area contributed by atoms with Crippen molar-refractivity contribution in [3.63, 3.8) is 0 Å².